The van der Waals surface area contributed by atoms with Gasteiger partial charge in [0.15, 0.2) is 6.29 Å². The van der Waals surface area contributed by atoms with Crippen molar-refractivity contribution < 1.29 is 14.2 Å². The highest BCUT2D eigenvalue weighted by molar-refractivity contribution is 4.78. The summed E-state index contributed by atoms with van der Waals surface area (Å²) in [6, 6.07) is 0. The van der Waals surface area contributed by atoms with Crippen molar-refractivity contribution in [3.8, 4) is 0 Å². The second kappa shape index (κ2) is 3.06. The van der Waals surface area contributed by atoms with E-state index in [0.29, 0.717) is 0 Å². The Hall–Kier alpha value is -0.160. The molecule has 1 heterocycles. The average molecular weight is 161 g/mol. The molecule has 3 atom stereocenters. The van der Waals surface area contributed by atoms with Crippen LogP contribution < -0.4 is 5.73 Å². The van der Waals surface area contributed by atoms with Crippen LogP contribution in [0.3, 0.4) is 0 Å². The van der Waals surface area contributed by atoms with E-state index >= 15 is 0 Å². The molecule has 2 N–H and O–H groups in total. The molecule has 1 aliphatic rings. The summed E-state index contributed by atoms with van der Waals surface area (Å²) in [4.78, 5) is 0. The molecular formula is C7H15NO3. The minimum Gasteiger partial charge on any atom is -0.356 e. The lowest BCUT2D eigenvalue weighted by Gasteiger charge is -2.25. The highest BCUT2D eigenvalue weighted by Crippen LogP contribution is 2.32. The van der Waals surface area contributed by atoms with E-state index in [-0.39, 0.29) is 12.2 Å². The molecule has 0 bridgehead atoms. The summed E-state index contributed by atoms with van der Waals surface area (Å²) < 4.78 is 15.3. The van der Waals surface area contributed by atoms with Gasteiger partial charge in [-0.2, -0.15) is 0 Å². The molecule has 0 saturated carbocycles. The number of hydrogen-bond donors (Lipinski definition) is 1. The van der Waals surface area contributed by atoms with Crippen molar-refractivity contribution in [2.24, 2.45) is 11.7 Å². The monoisotopic (exact) mass is 161 g/mol. The highest BCUT2D eigenvalue weighted by Gasteiger charge is 2.43. The zero-order valence-electron chi connectivity index (χ0n) is 7.16. The van der Waals surface area contributed by atoms with E-state index in [4.69, 9.17) is 19.9 Å². The lowest BCUT2D eigenvalue weighted by Crippen LogP contribution is -2.46. The normalized spacial score (nSPS) is 44.7. The van der Waals surface area contributed by atoms with Gasteiger partial charge in [-0.15, -0.1) is 0 Å². The van der Waals surface area contributed by atoms with Gasteiger partial charge in [0.25, 0.3) is 0 Å². The molecule has 1 aliphatic heterocycles. The fraction of sp³-hybridized carbons (Fsp3) is 1.00. The SMILES string of the molecule is COC1CC(C)C(N)(OC)O1. The lowest BCUT2D eigenvalue weighted by molar-refractivity contribution is -0.263. The molecule has 0 aromatic carbocycles. The Labute approximate surface area is 66.6 Å². The van der Waals surface area contributed by atoms with Crippen molar-refractivity contribution in [1.29, 1.82) is 0 Å². The first-order chi connectivity index (χ1) is 5.12. The van der Waals surface area contributed by atoms with E-state index in [1.165, 1.54) is 7.11 Å². The molecule has 0 radical (unpaired) electrons. The van der Waals surface area contributed by atoms with Gasteiger partial charge in [0.05, 0.1) is 0 Å². The summed E-state index contributed by atoms with van der Waals surface area (Å²) in [5, 5.41) is 0. The molecule has 3 unspecified atom stereocenters. The number of hydrogen-bond acceptors (Lipinski definition) is 4. The zero-order chi connectivity index (χ0) is 8.48. The summed E-state index contributed by atoms with van der Waals surface area (Å²) in [6.07, 6.45) is 0.552. The van der Waals surface area contributed by atoms with Gasteiger partial charge in [0, 0.05) is 26.6 Å². The Morgan fingerprint density at radius 3 is 2.45 bits per heavy atom. The third-order valence-corrected chi connectivity index (χ3v) is 2.13. The van der Waals surface area contributed by atoms with Crippen molar-refractivity contribution in [2.45, 2.75) is 25.5 Å². The van der Waals surface area contributed by atoms with Crippen LogP contribution in [0.2, 0.25) is 0 Å². The predicted octanol–water partition coefficient (Wildman–Crippen LogP) is 0.274. The first kappa shape index (κ1) is 8.93. The third-order valence-electron chi connectivity index (χ3n) is 2.13. The van der Waals surface area contributed by atoms with Crippen LogP contribution in [0.1, 0.15) is 13.3 Å². The maximum atomic E-state index is 5.74. The van der Waals surface area contributed by atoms with E-state index in [9.17, 15) is 0 Å². The molecule has 1 fully saturated rings. The zero-order valence-corrected chi connectivity index (χ0v) is 7.16. The maximum absolute atomic E-state index is 5.74. The van der Waals surface area contributed by atoms with Crippen LogP contribution in [0, 0.1) is 5.92 Å². The first-order valence-electron chi connectivity index (χ1n) is 3.67. The smallest absolute Gasteiger partial charge is 0.229 e. The van der Waals surface area contributed by atoms with Crippen molar-refractivity contribution >= 4 is 0 Å². The number of rotatable bonds is 2. The van der Waals surface area contributed by atoms with Crippen LogP contribution in [-0.2, 0) is 14.2 Å². The minimum absolute atomic E-state index is 0.164. The van der Waals surface area contributed by atoms with Crippen LogP contribution in [0.15, 0.2) is 0 Å². The Balaban J connectivity index is 2.57. The minimum atomic E-state index is -0.958. The molecular weight excluding hydrogens is 146 g/mol. The summed E-state index contributed by atoms with van der Waals surface area (Å²) in [6.45, 7) is 1.97. The van der Waals surface area contributed by atoms with Crippen LogP contribution >= 0.6 is 0 Å². The number of methoxy groups -OCH3 is 2. The summed E-state index contributed by atoms with van der Waals surface area (Å²) in [5.74, 6) is -0.793. The van der Waals surface area contributed by atoms with Gasteiger partial charge in [-0.3, -0.25) is 5.73 Å². The third kappa shape index (κ3) is 1.54. The lowest BCUT2D eigenvalue weighted by atomic mass is 10.1. The molecule has 4 nitrogen and oxygen atoms in total. The summed E-state index contributed by atoms with van der Waals surface area (Å²) in [5.41, 5.74) is 5.74. The Bertz CT molecular complexity index is 142. The van der Waals surface area contributed by atoms with Gasteiger partial charge >= 0.3 is 0 Å². The van der Waals surface area contributed by atoms with E-state index in [2.05, 4.69) is 0 Å². The number of nitrogens with two attached hydrogens (primary N) is 1. The van der Waals surface area contributed by atoms with Gasteiger partial charge in [-0.25, -0.2) is 0 Å². The Morgan fingerprint density at radius 2 is 2.18 bits per heavy atom. The van der Waals surface area contributed by atoms with Gasteiger partial charge in [-0.1, -0.05) is 6.92 Å². The molecule has 0 spiro atoms. The fourth-order valence-corrected chi connectivity index (χ4v) is 1.22. The maximum Gasteiger partial charge on any atom is 0.229 e. The number of ether oxygens (including phenoxy) is 3. The molecule has 66 valence electrons. The molecule has 1 saturated heterocycles. The predicted molar refractivity (Wildman–Crippen MR) is 39.6 cm³/mol. The summed E-state index contributed by atoms with van der Waals surface area (Å²) in [7, 11) is 3.13. The Kier molecular flexibility index (Phi) is 2.49. The largest absolute Gasteiger partial charge is 0.356 e. The van der Waals surface area contributed by atoms with E-state index in [0.717, 1.165) is 6.42 Å². The van der Waals surface area contributed by atoms with Crippen molar-refractivity contribution in [3.05, 3.63) is 0 Å². The average Bonchev–Trinajstić information content (AvgIpc) is 2.29. The molecule has 1 rings (SSSR count). The molecule has 0 amide bonds. The highest BCUT2D eigenvalue weighted by atomic mass is 16.8. The van der Waals surface area contributed by atoms with Crippen molar-refractivity contribution in [3.63, 3.8) is 0 Å². The molecule has 0 aromatic heterocycles. The standard InChI is InChI=1S/C7H15NO3/c1-5-4-6(9-2)11-7(5,8)10-3/h5-6H,4,8H2,1-3H3. The van der Waals surface area contributed by atoms with Gasteiger partial charge in [-0.05, 0) is 0 Å². The van der Waals surface area contributed by atoms with E-state index in [1.807, 2.05) is 6.92 Å². The van der Waals surface area contributed by atoms with Crippen LogP contribution in [0.4, 0.5) is 0 Å². The molecule has 0 aromatic rings. The van der Waals surface area contributed by atoms with Gasteiger partial charge in [0.2, 0.25) is 5.91 Å². The second-order valence-electron chi connectivity index (χ2n) is 2.85. The Morgan fingerprint density at radius 1 is 1.55 bits per heavy atom. The van der Waals surface area contributed by atoms with Gasteiger partial charge < -0.3 is 14.2 Å². The van der Waals surface area contributed by atoms with Crippen LogP contribution in [0.25, 0.3) is 0 Å². The van der Waals surface area contributed by atoms with E-state index < -0.39 is 5.91 Å². The quantitative estimate of drug-likeness (QED) is 0.591. The molecule has 0 aliphatic carbocycles. The topological polar surface area (TPSA) is 53.7 Å². The fourth-order valence-electron chi connectivity index (χ4n) is 1.22. The molecule has 11 heavy (non-hydrogen) atoms. The van der Waals surface area contributed by atoms with Gasteiger partial charge in [0.1, 0.15) is 0 Å². The van der Waals surface area contributed by atoms with Crippen molar-refractivity contribution in [2.75, 3.05) is 14.2 Å². The first-order valence-corrected chi connectivity index (χ1v) is 3.67. The van der Waals surface area contributed by atoms with Crippen molar-refractivity contribution in [1.82, 2.24) is 0 Å². The van der Waals surface area contributed by atoms with Crippen LogP contribution in [-0.4, -0.2) is 26.4 Å². The summed E-state index contributed by atoms with van der Waals surface area (Å²) >= 11 is 0. The van der Waals surface area contributed by atoms with Crippen LogP contribution in [0.5, 0.6) is 0 Å². The molecule has 4 heteroatoms. The second-order valence-corrected chi connectivity index (χ2v) is 2.85. The van der Waals surface area contributed by atoms with E-state index in [1.54, 1.807) is 7.11 Å².